The molecule has 0 aliphatic carbocycles. The molecule has 0 bridgehead atoms. The molecule has 1 atom stereocenters. The largest absolute Gasteiger partial charge is 0.323 e. The highest BCUT2D eigenvalue weighted by Crippen LogP contribution is 2.25. The van der Waals surface area contributed by atoms with E-state index >= 15 is 0 Å². The predicted octanol–water partition coefficient (Wildman–Crippen LogP) is 4.28. The Hall–Kier alpha value is -0.340. The van der Waals surface area contributed by atoms with Crippen LogP contribution >= 0.6 is 11.3 Å². The Morgan fingerprint density at radius 3 is 2.60 bits per heavy atom. The number of rotatable bonds is 7. The van der Waals surface area contributed by atoms with Crippen LogP contribution in [0, 0.1) is 0 Å². The quantitative estimate of drug-likeness (QED) is 0.689. The summed E-state index contributed by atoms with van der Waals surface area (Å²) >= 11 is 1.88. The van der Waals surface area contributed by atoms with Gasteiger partial charge in [0.05, 0.1) is 0 Å². The third kappa shape index (κ3) is 4.35. The Bertz CT molecular complexity index is 267. The Morgan fingerprint density at radius 1 is 1.20 bits per heavy atom. The summed E-state index contributed by atoms with van der Waals surface area (Å²) in [7, 11) is 0. The number of hydrogen-bond acceptors (Lipinski definition) is 2. The van der Waals surface area contributed by atoms with Gasteiger partial charge in [-0.1, -0.05) is 39.5 Å². The summed E-state index contributed by atoms with van der Waals surface area (Å²) in [5, 5.41) is 0. The van der Waals surface area contributed by atoms with Crippen LogP contribution in [0.15, 0.2) is 12.1 Å². The highest BCUT2D eigenvalue weighted by atomic mass is 32.1. The summed E-state index contributed by atoms with van der Waals surface area (Å²) in [5.74, 6) is 0. The van der Waals surface area contributed by atoms with Crippen molar-refractivity contribution in [2.75, 3.05) is 0 Å². The molecule has 2 N–H and O–H groups in total. The minimum absolute atomic E-state index is 0.271. The van der Waals surface area contributed by atoms with Crippen LogP contribution in [-0.2, 0) is 6.42 Å². The first-order valence-corrected chi connectivity index (χ1v) is 6.93. The maximum absolute atomic E-state index is 6.16. The van der Waals surface area contributed by atoms with E-state index in [-0.39, 0.29) is 6.04 Å². The van der Waals surface area contributed by atoms with Crippen LogP contribution in [0.2, 0.25) is 0 Å². The number of nitrogens with two attached hydrogens (primary N) is 1. The summed E-state index contributed by atoms with van der Waals surface area (Å²) in [6.45, 7) is 4.44. The van der Waals surface area contributed by atoms with E-state index in [1.165, 1.54) is 35.4 Å². The van der Waals surface area contributed by atoms with E-state index in [9.17, 15) is 0 Å². The van der Waals surface area contributed by atoms with Gasteiger partial charge in [-0.2, -0.15) is 0 Å². The molecule has 86 valence electrons. The number of unbranched alkanes of at least 4 members (excludes halogenated alkanes) is 3. The van der Waals surface area contributed by atoms with Crippen LogP contribution in [0.5, 0.6) is 0 Å². The van der Waals surface area contributed by atoms with Gasteiger partial charge in [-0.3, -0.25) is 0 Å². The molecule has 1 unspecified atom stereocenters. The average Bonchev–Trinajstić information content (AvgIpc) is 2.72. The first-order chi connectivity index (χ1) is 7.27. The lowest BCUT2D eigenvalue weighted by Gasteiger charge is -2.08. The minimum atomic E-state index is 0.271. The van der Waals surface area contributed by atoms with E-state index in [4.69, 9.17) is 5.73 Å². The zero-order chi connectivity index (χ0) is 11.1. The molecular formula is C13H23NS. The standard InChI is InChI=1S/C13H23NS/c1-3-5-6-7-8-12(14)13-10-9-11(4-2)15-13/h9-10,12H,3-8,14H2,1-2H3. The second kappa shape index (κ2) is 7.02. The SMILES string of the molecule is CCCCCCC(N)c1ccc(CC)s1. The molecule has 0 spiro atoms. The van der Waals surface area contributed by atoms with Gasteiger partial charge in [0.2, 0.25) is 0 Å². The van der Waals surface area contributed by atoms with Crippen molar-refractivity contribution in [3.63, 3.8) is 0 Å². The van der Waals surface area contributed by atoms with Gasteiger partial charge < -0.3 is 5.73 Å². The van der Waals surface area contributed by atoms with Crippen molar-refractivity contribution in [3.05, 3.63) is 21.9 Å². The fraction of sp³-hybridized carbons (Fsp3) is 0.692. The molecule has 0 aromatic carbocycles. The van der Waals surface area contributed by atoms with Crippen LogP contribution in [0.3, 0.4) is 0 Å². The Labute approximate surface area is 97.7 Å². The van der Waals surface area contributed by atoms with Crippen LogP contribution in [0.25, 0.3) is 0 Å². The first-order valence-electron chi connectivity index (χ1n) is 6.12. The zero-order valence-corrected chi connectivity index (χ0v) is 10.8. The summed E-state index contributed by atoms with van der Waals surface area (Å²) in [6.07, 6.45) is 7.52. The topological polar surface area (TPSA) is 26.0 Å². The lowest BCUT2D eigenvalue weighted by Crippen LogP contribution is -2.08. The van der Waals surface area contributed by atoms with Crippen molar-refractivity contribution in [2.45, 2.75) is 58.4 Å². The summed E-state index contributed by atoms with van der Waals surface area (Å²) in [6, 6.07) is 4.69. The maximum atomic E-state index is 6.16. The second-order valence-corrected chi connectivity index (χ2v) is 5.31. The molecular weight excluding hydrogens is 202 g/mol. The number of thiophene rings is 1. The second-order valence-electron chi connectivity index (χ2n) is 4.11. The predicted molar refractivity (Wildman–Crippen MR) is 69.4 cm³/mol. The number of aryl methyl sites for hydroxylation is 1. The van der Waals surface area contributed by atoms with Gasteiger partial charge in [0, 0.05) is 15.8 Å². The molecule has 15 heavy (non-hydrogen) atoms. The maximum Gasteiger partial charge on any atom is 0.0389 e. The van der Waals surface area contributed by atoms with E-state index < -0.39 is 0 Å². The molecule has 0 amide bonds. The molecule has 0 fully saturated rings. The molecule has 0 saturated heterocycles. The van der Waals surface area contributed by atoms with Crippen molar-refractivity contribution >= 4 is 11.3 Å². The highest BCUT2D eigenvalue weighted by molar-refractivity contribution is 7.12. The number of hydrogen-bond donors (Lipinski definition) is 1. The molecule has 1 heterocycles. The zero-order valence-electron chi connectivity index (χ0n) is 9.96. The van der Waals surface area contributed by atoms with Crippen LogP contribution in [0.1, 0.15) is 61.7 Å². The molecule has 1 rings (SSSR count). The van der Waals surface area contributed by atoms with Crippen molar-refractivity contribution in [1.82, 2.24) is 0 Å². The smallest absolute Gasteiger partial charge is 0.0389 e. The summed E-state index contributed by atoms with van der Waals surface area (Å²) in [5.41, 5.74) is 6.16. The third-order valence-electron chi connectivity index (χ3n) is 2.77. The average molecular weight is 225 g/mol. The fourth-order valence-corrected chi connectivity index (χ4v) is 2.71. The lowest BCUT2D eigenvalue weighted by molar-refractivity contribution is 0.571. The molecule has 0 radical (unpaired) electrons. The molecule has 0 aliphatic heterocycles. The first kappa shape index (κ1) is 12.7. The summed E-state index contributed by atoms with van der Waals surface area (Å²) < 4.78 is 0. The normalized spacial score (nSPS) is 13.0. The van der Waals surface area contributed by atoms with Crippen LogP contribution < -0.4 is 5.73 Å². The molecule has 1 aromatic rings. The Kier molecular flexibility index (Phi) is 5.96. The summed E-state index contributed by atoms with van der Waals surface area (Å²) in [4.78, 5) is 2.82. The van der Waals surface area contributed by atoms with E-state index in [2.05, 4.69) is 26.0 Å². The fourth-order valence-electron chi connectivity index (χ4n) is 1.72. The van der Waals surface area contributed by atoms with Gasteiger partial charge in [0.1, 0.15) is 0 Å². The van der Waals surface area contributed by atoms with Crippen molar-refractivity contribution in [2.24, 2.45) is 5.73 Å². The van der Waals surface area contributed by atoms with Crippen LogP contribution in [0.4, 0.5) is 0 Å². The van der Waals surface area contributed by atoms with Crippen molar-refractivity contribution < 1.29 is 0 Å². The Morgan fingerprint density at radius 2 is 2.00 bits per heavy atom. The van der Waals surface area contributed by atoms with Crippen molar-refractivity contribution in [3.8, 4) is 0 Å². The molecule has 2 heteroatoms. The van der Waals surface area contributed by atoms with Gasteiger partial charge in [-0.15, -0.1) is 11.3 Å². The van der Waals surface area contributed by atoms with Gasteiger partial charge in [0.15, 0.2) is 0 Å². The molecule has 1 nitrogen and oxygen atoms in total. The van der Waals surface area contributed by atoms with E-state index in [1.54, 1.807) is 0 Å². The third-order valence-corrected chi connectivity index (χ3v) is 4.13. The van der Waals surface area contributed by atoms with Gasteiger partial charge in [0.25, 0.3) is 0 Å². The molecule has 0 saturated carbocycles. The minimum Gasteiger partial charge on any atom is -0.323 e. The van der Waals surface area contributed by atoms with Gasteiger partial charge >= 0.3 is 0 Å². The van der Waals surface area contributed by atoms with Gasteiger partial charge in [-0.25, -0.2) is 0 Å². The van der Waals surface area contributed by atoms with E-state index in [0.717, 1.165) is 12.8 Å². The van der Waals surface area contributed by atoms with Gasteiger partial charge in [-0.05, 0) is 25.0 Å². The van der Waals surface area contributed by atoms with Crippen molar-refractivity contribution in [1.29, 1.82) is 0 Å². The van der Waals surface area contributed by atoms with E-state index in [0.29, 0.717) is 0 Å². The Balaban J connectivity index is 2.29. The molecule has 0 aliphatic rings. The molecule has 1 aromatic heterocycles. The highest BCUT2D eigenvalue weighted by Gasteiger charge is 2.07. The lowest BCUT2D eigenvalue weighted by atomic mass is 10.1. The van der Waals surface area contributed by atoms with Crippen LogP contribution in [-0.4, -0.2) is 0 Å². The monoisotopic (exact) mass is 225 g/mol. The van der Waals surface area contributed by atoms with E-state index in [1.807, 2.05) is 11.3 Å².